The second-order valence-electron chi connectivity index (χ2n) is 4.67. The topological polar surface area (TPSA) is 62.1 Å². The van der Waals surface area contributed by atoms with Crippen LogP contribution >= 0.6 is 0 Å². The molecule has 22 heavy (non-hydrogen) atoms. The number of amides is 1. The van der Waals surface area contributed by atoms with Gasteiger partial charge in [0.2, 0.25) is 0 Å². The number of rotatable bonds is 5. The van der Waals surface area contributed by atoms with E-state index in [4.69, 9.17) is 10.00 Å². The van der Waals surface area contributed by atoms with Crippen molar-refractivity contribution in [3.8, 4) is 11.8 Å². The number of carbonyl (C=O) groups excluding carboxylic acids is 1. The Morgan fingerprint density at radius 2 is 2.14 bits per heavy atom. The van der Waals surface area contributed by atoms with Crippen molar-refractivity contribution in [3.63, 3.8) is 0 Å². The molecule has 0 aromatic heterocycles. The van der Waals surface area contributed by atoms with Gasteiger partial charge in [0, 0.05) is 12.1 Å². The van der Waals surface area contributed by atoms with Crippen LogP contribution in [0.1, 0.15) is 21.5 Å². The molecule has 5 heteroatoms. The predicted octanol–water partition coefficient (Wildman–Crippen LogP) is 2.68. The Hall–Kier alpha value is -2.87. The maximum Gasteiger partial charge on any atom is 0.251 e. The van der Waals surface area contributed by atoms with Gasteiger partial charge in [0.15, 0.2) is 11.6 Å². The smallest absolute Gasteiger partial charge is 0.251 e. The van der Waals surface area contributed by atoms with Gasteiger partial charge in [0.05, 0.1) is 18.7 Å². The third-order valence-electron chi connectivity index (χ3n) is 3.17. The molecule has 2 aromatic carbocycles. The van der Waals surface area contributed by atoms with E-state index in [1.807, 2.05) is 6.07 Å². The Morgan fingerprint density at radius 1 is 1.32 bits per heavy atom. The first-order chi connectivity index (χ1) is 10.6. The molecule has 0 saturated heterocycles. The zero-order chi connectivity index (χ0) is 15.9. The van der Waals surface area contributed by atoms with Crippen molar-refractivity contribution in [1.82, 2.24) is 5.32 Å². The van der Waals surface area contributed by atoms with Crippen molar-refractivity contribution in [2.24, 2.45) is 0 Å². The van der Waals surface area contributed by atoms with Crippen LogP contribution in [0.15, 0.2) is 42.5 Å². The summed E-state index contributed by atoms with van der Waals surface area (Å²) in [6, 6.07) is 13.2. The van der Waals surface area contributed by atoms with E-state index in [1.54, 1.807) is 30.3 Å². The monoisotopic (exact) mass is 298 g/mol. The molecule has 0 aliphatic heterocycles. The Kier molecular flexibility index (Phi) is 5.10. The summed E-state index contributed by atoms with van der Waals surface area (Å²) >= 11 is 0. The van der Waals surface area contributed by atoms with Gasteiger partial charge in [-0.05, 0) is 42.3 Å². The van der Waals surface area contributed by atoms with Crippen molar-refractivity contribution in [2.45, 2.75) is 6.42 Å². The van der Waals surface area contributed by atoms with E-state index in [1.165, 1.54) is 19.2 Å². The van der Waals surface area contributed by atoms with Gasteiger partial charge >= 0.3 is 0 Å². The predicted molar refractivity (Wildman–Crippen MR) is 80.1 cm³/mol. The van der Waals surface area contributed by atoms with Gasteiger partial charge in [0.25, 0.3) is 5.91 Å². The van der Waals surface area contributed by atoms with Gasteiger partial charge < -0.3 is 10.1 Å². The van der Waals surface area contributed by atoms with E-state index >= 15 is 0 Å². The second-order valence-corrected chi connectivity index (χ2v) is 4.67. The fourth-order valence-corrected chi connectivity index (χ4v) is 2.02. The number of carbonyl (C=O) groups is 1. The number of ether oxygens (including phenoxy) is 1. The van der Waals surface area contributed by atoms with Crippen LogP contribution in [-0.4, -0.2) is 19.6 Å². The van der Waals surface area contributed by atoms with Gasteiger partial charge in [-0.1, -0.05) is 12.1 Å². The molecule has 0 aliphatic rings. The molecular formula is C17H15FN2O2. The van der Waals surface area contributed by atoms with Gasteiger partial charge in [0.1, 0.15) is 0 Å². The lowest BCUT2D eigenvalue weighted by Gasteiger charge is -2.07. The molecule has 0 unspecified atom stereocenters. The number of hydrogen-bond donors (Lipinski definition) is 1. The number of hydrogen-bond acceptors (Lipinski definition) is 3. The van der Waals surface area contributed by atoms with Crippen molar-refractivity contribution in [3.05, 3.63) is 65.0 Å². The Labute approximate surface area is 128 Å². The van der Waals surface area contributed by atoms with Crippen LogP contribution < -0.4 is 10.1 Å². The molecule has 2 rings (SSSR count). The number of methoxy groups -OCH3 is 1. The summed E-state index contributed by atoms with van der Waals surface area (Å²) in [5, 5.41) is 11.6. The Balaban J connectivity index is 1.92. The molecule has 0 radical (unpaired) electrons. The van der Waals surface area contributed by atoms with Crippen LogP contribution in [0.3, 0.4) is 0 Å². The minimum absolute atomic E-state index is 0.195. The van der Waals surface area contributed by atoms with E-state index in [0.717, 1.165) is 5.56 Å². The molecular weight excluding hydrogens is 283 g/mol. The largest absolute Gasteiger partial charge is 0.494 e. The molecule has 1 N–H and O–H groups in total. The Morgan fingerprint density at radius 3 is 2.82 bits per heavy atom. The summed E-state index contributed by atoms with van der Waals surface area (Å²) in [7, 11) is 1.41. The quantitative estimate of drug-likeness (QED) is 0.923. The minimum Gasteiger partial charge on any atom is -0.494 e. The number of halogens is 1. The third kappa shape index (κ3) is 3.83. The zero-order valence-corrected chi connectivity index (χ0v) is 12.1. The summed E-state index contributed by atoms with van der Waals surface area (Å²) in [6.45, 7) is 0.376. The maximum atomic E-state index is 13.5. The summed E-state index contributed by atoms with van der Waals surface area (Å²) in [5.41, 5.74) is 1.63. The summed E-state index contributed by atoms with van der Waals surface area (Å²) in [6.07, 6.45) is 0.505. The lowest BCUT2D eigenvalue weighted by molar-refractivity contribution is 0.0954. The number of benzene rings is 2. The third-order valence-corrected chi connectivity index (χ3v) is 3.17. The van der Waals surface area contributed by atoms with Crippen molar-refractivity contribution < 1.29 is 13.9 Å². The first kappa shape index (κ1) is 15.5. The van der Waals surface area contributed by atoms with E-state index in [9.17, 15) is 9.18 Å². The average Bonchev–Trinajstić information content (AvgIpc) is 2.55. The highest BCUT2D eigenvalue weighted by molar-refractivity contribution is 5.94. The maximum absolute atomic E-state index is 13.5. The van der Waals surface area contributed by atoms with Crippen LogP contribution in [0.25, 0.3) is 0 Å². The lowest BCUT2D eigenvalue weighted by Crippen LogP contribution is -2.25. The standard InChI is InChI=1S/C17H15FN2O2/c1-22-16-6-5-12(10-15(16)18)7-8-20-17(21)14-4-2-3-13(9-14)11-19/h2-6,9-10H,7-8H2,1H3,(H,20,21). The number of nitriles is 1. The van der Waals surface area contributed by atoms with Crippen molar-refractivity contribution >= 4 is 5.91 Å². The molecule has 0 fully saturated rings. The fourth-order valence-electron chi connectivity index (χ4n) is 2.02. The number of nitrogens with zero attached hydrogens (tertiary/aromatic N) is 1. The highest BCUT2D eigenvalue weighted by atomic mass is 19.1. The molecule has 0 aliphatic carbocycles. The summed E-state index contributed by atoms with van der Waals surface area (Å²) < 4.78 is 18.4. The normalized spacial score (nSPS) is 9.86. The zero-order valence-electron chi connectivity index (χ0n) is 12.1. The van der Waals surface area contributed by atoms with Gasteiger partial charge in [-0.15, -0.1) is 0 Å². The highest BCUT2D eigenvalue weighted by Crippen LogP contribution is 2.17. The number of nitrogens with one attached hydrogen (secondary N) is 1. The first-order valence-corrected chi connectivity index (χ1v) is 6.75. The average molecular weight is 298 g/mol. The van der Waals surface area contributed by atoms with E-state index in [-0.39, 0.29) is 11.7 Å². The molecule has 0 atom stereocenters. The molecule has 2 aromatic rings. The van der Waals surface area contributed by atoms with E-state index < -0.39 is 5.82 Å². The summed E-state index contributed by atoms with van der Waals surface area (Å²) in [4.78, 5) is 12.0. The molecule has 0 spiro atoms. The highest BCUT2D eigenvalue weighted by Gasteiger charge is 2.07. The lowest BCUT2D eigenvalue weighted by atomic mass is 10.1. The second kappa shape index (κ2) is 7.23. The van der Waals surface area contributed by atoms with Crippen LogP contribution in [0, 0.1) is 17.1 Å². The van der Waals surface area contributed by atoms with Gasteiger partial charge in [-0.25, -0.2) is 4.39 Å². The van der Waals surface area contributed by atoms with Crippen LogP contribution in [0.2, 0.25) is 0 Å². The molecule has 0 bridgehead atoms. The molecule has 4 nitrogen and oxygen atoms in total. The first-order valence-electron chi connectivity index (χ1n) is 6.75. The molecule has 0 saturated carbocycles. The fraction of sp³-hybridized carbons (Fsp3) is 0.176. The SMILES string of the molecule is COc1ccc(CCNC(=O)c2cccc(C#N)c2)cc1F. The van der Waals surface area contributed by atoms with E-state index in [2.05, 4.69) is 5.32 Å². The van der Waals surface area contributed by atoms with Gasteiger partial charge in [-0.3, -0.25) is 4.79 Å². The Bertz CT molecular complexity index is 723. The van der Waals surface area contributed by atoms with E-state index in [0.29, 0.717) is 24.1 Å². The summed E-state index contributed by atoms with van der Waals surface area (Å²) in [5.74, 6) is -0.486. The van der Waals surface area contributed by atoms with Gasteiger partial charge in [-0.2, -0.15) is 5.26 Å². The molecule has 112 valence electrons. The van der Waals surface area contributed by atoms with Crippen LogP contribution in [-0.2, 0) is 6.42 Å². The minimum atomic E-state index is -0.423. The van der Waals surface area contributed by atoms with Crippen LogP contribution in [0.5, 0.6) is 5.75 Å². The van der Waals surface area contributed by atoms with Crippen molar-refractivity contribution in [2.75, 3.05) is 13.7 Å². The molecule has 0 heterocycles. The van der Waals surface area contributed by atoms with Crippen molar-refractivity contribution in [1.29, 1.82) is 5.26 Å². The molecule has 1 amide bonds. The van der Waals surface area contributed by atoms with Crippen LogP contribution in [0.4, 0.5) is 4.39 Å².